The molecule has 0 bridgehead atoms. The van der Waals surface area contributed by atoms with Crippen LogP contribution in [0.2, 0.25) is 0 Å². The van der Waals surface area contributed by atoms with Crippen molar-refractivity contribution in [3.8, 4) is 6.07 Å². The van der Waals surface area contributed by atoms with E-state index in [4.69, 9.17) is 5.26 Å². The van der Waals surface area contributed by atoms with Gasteiger partial charge in [-0.1, -0.05) is 0 Å². The van der Waals surface area contributed by atoms with Crippen LogP contribution < -0.4 is 0 Å². The number of aromatic nitrogens is 1. The molecule has 1 heterocycles. The summed E-state index contributed by atoms with van der Waals surface area (Å²) >= 11 is 6.07. The summed E-state index contributed by atoms with van der Waals surface area (Å²) in [4.78, 5) is 0. The molecule has 0 amide bonds. The minimum Gasteiger partial charge on any atom is 0 e. The first kappa shape index (κ1) is 20.1. The number of halogens is 1. The number of hydrogen-bond acceptors (Lipinski definition) is 1. The van der Waals surface area contributed by atoms with Gasteiger partial charge in [-0.2, -0.15) is 0 Å². The Labute approximate surface area is 185 Å². The van der Waals surface area contributed by atoms with E-state index in [2.05, 4.69) is 82.0 Å². The van der Waals surface area contributed by atoms with E-state index >= 15 is 0 Å². The van der Waals surface area contributed by atoms with Crippen molar-refractivity contribution in [2.24, 2.45) is 0 Å². The van der Waals surface area contributed by atoms with Gasteiger partial charge in [-0.05, 0) is 0 Å². The molecule has 0 fully saturated rings. The van der Waals surface area contributed by atoms with Gasteiger partial charge in [0.1, 0.15) is 0 Å². The van der Waals surface area contributed by atoms with Crippen LogP contribution in [0, 0.1) is 18.3 Å². The van der Waals surface area contributed by atoms with Crippen LogP contribution in [-0.2, 0) is 59.8 Å². The summed E-state index contributed by atoms with van der Waals surface area (Å²) in [6.07, 6.45) is 2.06. The Kier molecular flexibility index (Phi) is 7.05. The Balaban J connectivity index is 0.00000208. The predicted molar refractivity (Wildman–Crippen MR) is 92.2 cm³/mol. The van der Waals surface area contributed by atoms with E-state index < -0.39 is 0 Å². The summed E-state index contributed by atoms with van der Waals surface area (Å²) in [5.74, 6) is 0. The van der Waals surface area contributed by atoms with Crippen molar-refractivity contribution in [1.82, 2.24) is 4.57 Å². The summed E-state index contributed by atoms with van der Waals surface area (Å²) < 4.78 is 5.11. The van der Waals surface area contributed by atoms with Gasteiger partial charge in [0.05, 0.1) is 0 Å². The molecule has 0 spiro atoms. The van der Waals surface area contributed by atoms with Crippen molar-refractivity contribution in [2.45, 2.75) is 6.92 Å². The molecule has 0 aliphatic heterocycles. The van der Waals surface area contributed by atoms with Gasteiger partial charge < -0.3 is 0 Å². The maximum atomic E-state index is 9.08. The van der Waals surface area contributed by atoms with Gasteiger partial charge in [0.25, 0.3) is 0 Å². The molecule has 6 heteroatoms. The summed E-state index contributed by atoms with van der Waals surface area (Å²) in [6, 6.07) is 17.1. The van der Waals surface area contributed by atoms with E-state index in [1.807, 2.05) is 0 Å². The number of rotatable bonds is 3. The average molecular weight is 887 g/mol. The molecule has 3 aromatic rings. The fourth-order valence-electron chi connectivity index (χ4n) is 2.73. The number of nitrogens with zero attached hydrogens (tertiary/aromatic N) is 2. The van der Waals surface area contributed by atoms with Gasteiger partial charge in [-0.25, -0.2) is 0 Å². The number of hydrogen-bond donors (Lipinski definition) is 0. The Morgan fingerprint density at radius 1 is 1.12 bits per heavy atom. The van der Waals surface area contributed by atoms with Gasteiger partial charge in [-0.3, -0.25) is 0 Å². The van der Waals surface area contributed by atoms with Crippen molar-refractivity contribution in [3.63, 3.8) is 0 Å². The van der Waals surface area contributed by atoms with E-state index in [9.17, 15) is 0 Å². The molecule has 2 aromatic carbocycles. The number of fused-ring (bicyclic) bond motifs is 3. The number of allylic oxidation sites excluding steroid dienone is 2. The van der Waals surface area contributed by atoms with E-state index in [-0.39, 0.29) is 21.1 Å². The zero-order valence-corrected chi connectivity index (χ0v) is 23.0. The number of para-hydroxylation sites is 1. The first-order chi connectivity index (χ1) is 11.0. The van der Waals surface area contributed by atoms with Crippen LogP contribution in [0.5, 0.6) is 0 Å². The fourth-order valence-corrected chi connectivity index (χ4v) is 4.97. The summed E-state index contributed by atoms with van der Waals surface area (Å²) in [6.45, 7) is 2.16. The van der Waals surface area contributed by atoms with Gasteiger partial charge >= 0.3 is 166 Å². The van der Waals surface area contributed by atoms with E-state index in [0.29, 0.717) is 0 Å². The molecule has 1 aromatic heterocycles. The van der Waals surface area contributed by atoms with Gasteiger partial charge in [-0.15, -0.1) is 0 Å². The molecule has 0 N–H and O–H groups in total. The summed E-state index contributed by atoms with van der Waals surface area (Å²) in [5, 5.41) is 11.7. The van der Waals surface area contributed by atoms with Crippen LogP contribution in [0.1, 0.15) is 5.56 Å². The molecular weight excluding hydrogens is 876 g/mol. The van der Waals surface area contributed by atoms with Crippen LogP contribution in [0.3, 0.4) is 0 Å². The Morgan fingerprint density at radius 3 is 2.50 bits per heavy atom. The normalized spacial score (nSPS) is 11.1. The first-order valence-electron chi connectivity index (χ1n) is 6.89. The second-order valence-electron chi connectivity index (χ2n) is 5.09. The summed E-state index contributed by atoms with van der Waals surface area (Å²) in [7, 11) is 0. The predicted octanol–water partition coefficient (Wildman–Crippen LogP) is 4.15. The molecule has 118 valence electrons. The molecule has 24 heavy (non-hydrogen) atoms. The third-order valence-electron chi connectivity index (χ3n) is 3.70. The molecular formula is C18H11BrN2W3. The Bertz CT molecular complexity index is 1040. The van der Waals surface area contributed by atoms with Gasteiger partial charge in [0.15, 0.2) is 0 Å². The Morgan fingerprint density at radius 2 is 1.79 bits per heavy atom. The zero-order valence-electron chi connectivity index (χ0n) is 12.6. The van der Waals surface area contributed by atoms with Crippen LogP contribution in [0.15, 0.2) is 53.0 Å². The molecule has 0 saturated carbocycles. The maximum Gasteiger partial charge on any atom is 0 e. The number of aryl methyl sites for hydroxylation is 1. The van der Waals surface area contributed by atoms with Crippen LogP contribution in [0.4, 0.5) is 0 Å². The summed E-state index contributed by atoms with van der Waals surface area (Å²) in [5.41, 5.74) is 3.71. The topological polar surface area (TPSA) is 28.7 Å². The minimum atomic E-state index is 0. The molecule has 0 saturated heterocycles. The molecule has 0 atom stereocenters. The molecule has 0 aliphatic rings. The van der Waals surface area contributed by atoms with Crippen LogP contribution in [-0.4, -0.2) is 12.5 Å². The van der Waals surface area contributed by atoms with Crippen LogP contribution in [0.25, 0.3) is 21.8 Å². The SMILES string of the molecule is Cc1cccc2c1c1ccccc1n2[C](=[W])/C=C(/Br)[C](=[W])C#N.[W]. The van der Waals surface area contributed by atoms with E-state index in [1.165, 1.54) is 70.1 Å². The second kappa shape index (κ2) is 8.42. The van der Waals surface area contributed by atoms with E-state index in [0.717, 1.165) is 8.38 Å². The zero-order chi connectivity index (χ0) is 16.6. The smallest absolute Gasteiger partial charge is 0 e. The van der Waals surface area contributed by atoms with Crippen molar-refractivity contribution >= 4 is 45.7 Å². The fraction of sp³-hybridized carbons (Fsp3) is 0.0556. The largest absolute Gasteiger partial charge is 0 e. The van der Waals surface area contributed by atoms with Crippen molar-refractivity contribution in [1.29, 1.82) is 5.26 Å². The Hall–Kier alpha value is -0.245. The van der Waals surface area contributed by atoms with Gasteiger partial charge in [0, 0.05) is 21.1 Å². The molecule has 0 aliphatic carbocycles. The maximum absolute atomic E-state index is 9.08. The first-order valence-corrected chi connectivity index (χ1v) is 10.6. The molecule has 0 unspecified atom stereocenters. The quantitative estimate of drug-likeness (QED) is 0.390. The molecule has 2 nitrogen and oxygen atoms in total. The third kappa shape index (κ3) is 3.64. The molecule has 3 rings (SSSR count). The van der Waals surface area contributed by atoms with Crippen LogP contribution >= 0.6 is 15.9 Å². The van der Waals surface area contributed by atoms with Crippen molar-refractivity contribution in [2.75, 3.05) is 0 Å². The monoisotopic (exact) mass is 886 g/mol. The molecule has 0 radical (unpaired) electrons. The number of nitriles is 1. The minimum absolute atomic E-state index is 0. The number of benzene rings is 2. The van der Waals surface area contributed by atoms with Gasteiger partial charge in [0.2, 0.25) is 0 Å². The standard InChI is InChI=1S/C18H11BrN2.3W/c1-13-5-4-8-17-18(13)15-6-2-3-7-16(15)21(17)12-10-14(19)9-11-20;;;/h2-8,10H,1H3;;;/b14-10+;;;. The third-order valence-corrected chi connectivity index (χ3v) is 7.56. The van der Waals surface area contributed by atoms with Crippen molar-refractivity contribution in [3.05, 3.63) is 58.6 Å². The average Bonchev–Trinajstić information content (AvgIpc) is 2.89. The van der Waals surface area contributed by atoms with Crippen molar-refractivity contribution < 1.29 is 59.8 Å². The second-order valence-corrected chi connectivity index (χ2v) is 8.92. The van der Waals surface area contributed by atoms with E-state index in [1.54, 1.807) is 0 Å².